The van der Waals surface area contributed by atoms with Crippen LogP contribution in [-0.4, -0.2) is 46.3 Å². The second-order valence-corrected chi connectivity index (χ2v) is 6.77. The van der Waals surface area contributed by atoms with Crippen LogP contribution in [0.3, 0.4) is 0 Å². The summed E-state index contributed by atoms with van der Waals surface area (Å²) in [5.74, 6) is -1.75. The summed E-state index contributed by atoms with van der Waals surface area (Å²) in [7, 11) is 3.42. The summed E-state index contributed by atoms with van der Waals surface area (Å²) in [6, 6.07) is 0. The average Bonchev–Trinajstić information content (AvgIpc) is 3.21. The van der Waals surface area contributed by atoms with E-state index < -0.39 is 11.9 Å². The predicted octanol–water partition coefficient (Wildman–Crippen LogP) is 1.58. The number of carbonyl (C=O) groups is 2. The number of anilines is 1. The lowest BCUT2D eigenvalue weighted by molar-refractivity contribution is 0.0692. The first-order chi connectivity index (χ1) is 13.1. The molecule has 148 valence electrons. The molecule has 0 aliphatic carbocycles. The van der Waals surface area contributed by atoms with Crippen molar-refractivity contribution in [2.24, 2.45) is 14.1 Å². The van der Waals surface area contributed by atoms with Crippen molar-refractivity contribution in [1.29, 1.82) is 0 Å². The largest absolute Gasteiger partial charge is 0.478 e. The fourth-order valence-electron chi connectivity index (χ4n) is 3.26. The lowest BCUT2D eigenvalue weighted by atomic mass is 10.2. The zero-order chi connectivity index (χ0) is 20.7. The quantitative estimate of drug-likeness (QED) is 0.688. The highest BCUT2D eigenvalue weighted by Gasteiger charge is 2.24. The number of carboxylic acids is 1. The molecule has 0 unspecified atom stereocenters. The average molecular weight is 385 g/mol. The Labute approximate surface area is 161 Å². The van der Waals surface area contributed by atoms with Crippen molar-refractivity contribution in [2.75, 3.05) is 5.32 Å². The first kappa shape index (κ1) is 19.3. The smallest absolute Gasteiger partial charge is 0.339 e. The van der Waals surface area contributed by atoms with Gasteiger partial charge in [-0.15, -0.1) is 0 Å². The molecule has 3 heterocycles. The maximum Gasteiger partial charge on any atom is 0.339 e. The minimum atomic E-state index is -1.20. The van der Waals surface area contributed by atoms with E-state index in [1.54, 1.807) is 6.92 Å². The summed E-state index contributed by atoms with van der Waals surface area (Å²) >= 11 is 0. The van der Waals surface area contributed by atoms with Crippen LogP contribution in [-0.2, 0) is 20.6 Å². The van der Waals surface area contributed by atoms with Gasteiger partial charge in [0, 0.05) is 25.4 Å². The molecule has 0 aliphatic heterocycles. The molecular formula is C18H23N7O3. The number of nitrogens with one attached hydrogen (secondary N) is 1. The molecule has 1 amide bonds. The second kappa shape index (κ2) is 6.95. The number of amides is 1. The van der Waals surface area contributed by atoms with Crippen LogP contribution in [0.5, 0.6) is 0 Å². The summed E-state index contributed by atoms with van der Waals surface area (Å²) in [6.45, 7) is 8.13. The van der Waals surface area contributed by atoms with Gasteiger partial charge in [0.05, 0.1) is 35.5 Å². The van der Waals surface area contributed by atoms with Crippen molar-refractivity contribution < 1.29 is 14.7 Å². The molecule has 0 bridgehead atoms. The molecule has 0 saturated carbocycles. The summed E-state index contributed by atoms with van der Waals surface area (Å²) in [5, 5.41) is 24.9. The van der Waals surface area contributed by atoms with E-state index in [0.717, 1.165) is 28.8 Å². The monoisotopic (exact) mass is 385 g/mol. The van der Waals surface area contributed by atoms with Crippen molar-refractivity contribution in [2.45, 2.75) is 34.2 Å². The van der Waals surface area contributed by atoms with Crippen LogP contribution in [0.25, 0.3) is 0 Å². The van der Waals surface area contributed by atoms with Crippen molar-refractivity contribution in [1.82, 2.24) is 29.3 Å². The highest BCUT2D eigenvalue weighted by atomic mass is 16.4. The third kappa shape index (κ3) is 3.17. The fraction of sp³-hybridized carbons (Fsp3) is 0.389. The number of rotatable bonds is 5. The highest BCUT2D eigenvalue weighted by molar-refractivity contribution is 6.09. The van der Waals surface area contributed by atoms with Crippen LogP contribution in [0.4, 0.5) is 5.69 Å². The third-order valence-corrected chi connectivity index (χ3v) is 4.97. The Morgan fingerprint density at radius 1 is 1.04 bits per heavy atom. The van der Waals surface area contributed by atoms with E-state index in [2.05, 4.69) is 20.6 Å². The van der Waals surface area contributed by atoms with Crippen molar-refractivity contribution in [3.05, 3.63) is 45.8 Å². The van der Waals surface area contributed by atoms with Crippen LogP contribution < -0.4 is 5.32 Å². The molecule has 2 N–H and O–H groups in total. The topological polar surface area (TPSA) is 120 Å². The van der Waals surface area contributed by atoms with Crippen LogP contribution >= 0.6 is 0 Å². The van der Waals surface area contributed by atoms with Gasteiger partial charge in [0.15, 0.2) is 0 Å². The van der Waals surface area contributed by atoms with Crippen LogP contribution in [0.15, 0.2) is 6.20 Å². The number of carbonyl (C=O) groups excluding carboxylic acids is 1. The van der Waals surface area contributed by atoms with Crippen LogP contribution in [0, 0.1) is 27.7 Å². The van der Waals surface area contributed by atoms with Crippen molar-refractivity contribution in [3.63, 3.8) is 0 Å². The predicted molar refractivity (Wildman–Crippen MR) is 102 cm³/mol. The molecule has 0 spiro atoms. The van der Waals surface area contributed by atoms with E-state index in [-0.39, 0.29) is 11.3 Å². The minimum absolute atomic E-state index is 0.0157. The van der Waals surface area contributed by atoms with Crippen LogP contribution in [0.2, 0.25) is 0 Å². The highest BCUT2D eigenvalue weighted by Crippen LogP contribution is 2.23. The number of aromatic carboxylic acids is 1. The maximum absolute atomic E-state index is 12.7. The van der Waals surface area contributed by atoms with E-state index in [1.165, 1.54) is 11.7 Å². The van der Waals surface area contributed by atoms with Crippen molar-refractivity contribution in [3.8, 4) is 0 Å². The molecule has 0 aliphatic rings. The minimum Gasteiger partial charge on any atom is -0.478 e. The Bertz CT molecular complexity index is 1090. The Morgan fingerprint density at radius 3 is 2.29 bits per heavy atom. The van der Waals surface area contributed by atoms with Gasteiger partial charge in [-0.2, -0.15) is 15.3 Å². The normalized spacial score (nSPS) is 11.1. The van der Waals surface area contributed by atoms with Gasteiger partial charge in [0.1, 0.15) is 11.3 Å². The first-order valence-electron chi connectivity index (χ1n) is 8.71. The van der Waals surface area contributed by atoms with Gasteiger partial charge in [0.25, 0.3) is 5.91 Å². The SMILES string of the molecule is Cc1nn(C)c(C)c1Cn1nc(C)c(NC(=O)c2c(C(=O)O)cnn2C)c1C. The molecule has 0 atom stereocenters. The molecule has 0 saturated heterocycles. The molecular weight excluding hydrogens is 362 g/mol. The standard InChI is InChI=1S/C18H23N7O3/c1-9-14(11(3)23(5)21-9)8-25-12(4)15(10(2)22-25)20-17(26)16-13(18(27)28)7-19-24(16)6/h7H,8H2,1-6H3,(H,20,26)(H,27,28). The molecule has 3 aromatic heterocycles. The van der Waals surface area contributed by atoms with Gasteiger partial charge in [-0.05, 0) is 27.7 Å². The fourth-order valence-corrected chi connectivity index (χ4v) is 3.26. The van der Waals surface area contributed by atoms with Gasteiger partial charge >= 0.3 is 5.97 Å². The zero-order valence-corrected chi connectivity index (χ0v) is 16.7. The summed E-state index contributed by atoms with van der Waals surface area (Å²) in [4.78, 5) is 24.1. The molecule has 0 aromatic carbocycles. The van der Waals surface area contributed by atoms with Gasteiger partial charge in [-0.3, -0.25) is 18.8 Å². The first-order valence-corrected chi connectivity index (χ1v) is 8.71. The summed E-state index contributed by atoms with van der Waals surface area (Å²) in [5.41, 5.74) is 4.86. The maximum atomic E-state index is 12.7. The number of carboxylic acid groups (broad SMARTS) is 1. The molecule has 10 heteroatoms. The molecule has 3 aromatic rings. The van der Waals surface area contributed by atoms with Gasteiger partial charge in [-0.1, -0.05) is 0 Å². The summed E-state index contributed by atoms with van der Waals surface area (Å²) < 4.78 is 4.88. The number of nitrogens with zero attached hydrogens (tertiary/aromatic N) is 6. The van der Waals surface area contributed by atoms with E-state index >= 15 is 0 Å². The third-order valence-electron chi connectivity index (χ3n) is 4.97. The molecule has 0 fully saturated rings. The Morgan fingerprint density at radius 2 is 1.71 bits per heavy atom. The molecule has 3 rings (SSSR count). The Hall–Kier alpha value is -3.43. The van der Waals surface area contributed by atoms with E-state index in [0.29, 0.717) is 17.9 Å². The molecule has 0 radical (unpaired) electrons. The van der Waals surface area contributed by atoms with E-state index in [1.807, 2.05) is 37.2 Å². The Balaban J connectivity index is 1.92. The van der Waals surface area contributed by atoms with E-state index in [9.17, 15) is 14.7 Å². The second-order valence-electron chi connectivity index (χ2n) is 6.77. The number of aryl methyl sites for hydroxylation is 4. The number of aromatic nitrogens is 6. The lowest BCUT2D eigenvalue weighted by Crippen LogP contribution is -2.20. The number of hydrogen-bond acceptors (Lipinski definition) is 5. The Kier molecular flexibility index (Phi) is 4.80. The van der Waals surface area contributed by atoms with Gasteiger partial charge in [0.2, 0.25) is 0 Å². The van der Waals surface area contributed by atoms with Crippen LogP contribution in [0.1, 0.15) is 49.2 Å². The number of hydrogen-bond donors (Lipinski definition) is 2. The lowest BCUT2D eigenvalue weighted by Gasteiger charge is -2.08. The van der Waals surface area contributed by atoms with Gasteiger partial charge < -0.3 is 10.4 Å². The zero-order valence-electron chi connectivity index (χ0n) is 16.7. The molecule has 10 nitrogen and oxygen atoms in total. The van der Waals surface area contributed by atoms with Gasteiger partial charge in [-0.25, -0.2) is 4.79 Å². The molecule has 28 heavy (non-hydrogen) atoms. The van der Waals surface area contributed by atoms with Crippen molar-refractivity contribution >= 4 is 17.6 Å². The summed E-state index contributed by atoms with van der Waals surface area (Å²) in [6.07, 6.45) is 1.16. The van der Waals surface area contributed by atoms with E-state index in [4.69, 9.17) is 0 Å².